The van der Waals surface area contributed by atoms with Gasteiger partial charge >= 0.3 is 0 Å². The van der Waals surface area contributed by atoms with Crippen LogP contribution in [0, 0.1) is 12.3 Å². The summed E-state index contributed by atoms with van der Waals surface area (Å²) in [5.74, 6) is 0.377. The minimum Gasteiger partial charge on any atom is -0.330 e. The number of aromatic nitrogens is 2. The Morgan fingerprint density at radius 2 is 2.21 bits per heavy atom. The van der Waals surface area contributed by atoms with E-state index in [1.807, 2.05) is 18.5 Å². The van der Waals surface area contributed by atoms with E-state index in [9.17, 15) is 8.42 Å². The lowest BCUT2D eigenvalue weighted by atomic mass is 9.83. The topological polar surface area (TPSA) is 78.0 Å². The zero-order valence-electron chi connectivity index (χ0n) is 11.3. The lowest BCUT2D eigenvalue weighted by molar-refractivity contribution is 0.333. The molecule has 0 radical (unpaired) electrons. The Morgan fingerprint density at radius 3 is 2.68 bits per heavy atom. The fraction of sp³-hybridized carbons (Fsp3) is 0.750. The first-order valence-electron chi connectivity index (χ1n) is 6.45. The van der Waals surface area contributed by atoms with E-state index in [1.165, 1.54) is 0 Å². The first-order valence-corrected chi connectivity index (χ1v) is 8.65. The fourth-order valence-electron chi connectivity index (χ4n) is 2.75. The quantitative estimate of drug-likeness (QED) is 0.906. The number of rotatable bonds is 4. The predicted octanol–water partition coefficient (Wildman–Crippen LogP) is 1.17. The third-order valence-electron chi connectivity index (χ3n) is 3.90. The van der Waals surface area contributed by atoms with Gasteiger partial charge in [-0.15, -0.1) is 0 Å². The van der Waals surface area contributed by atoms with Crippen LogP contribution in [0.4, 0.5) is 0 Å². The Morgan fingerprint density at radius 1 is 1.53 bits per heavy atom. The molecule has 1 unspecified atom stereocenters. The third kappa shape index (κ3) is 2.80. The van der Waals surface area contributed by atoms with E-state index in [1.54, 1.807) is 0 Å². The van der Waals surface area contributed by atoms with E-state index in [2.05, 4.69) is 5.10 Å². The van der Waals surface area contributed by atoms with Crippen molar-refractivity contribution in [2.24, 2.45) is 11.1 Å². The normalized spacial score (nSPS) is 25.9. The predicted molar refractivity (Wildman–Crippen MR) is 76.1 cm³/mol. The molecule has 19 heavy (non-hydrogen) atoms. The van der Waals surface area contributed by atoms with Crippen molar-refractivity contribution >= 4 is 21.4 Å². The van der Waals surface area contributed by atoms with Gasteiger partial charge in [-0.25, -0.2) is 8.42 Å². The highest BCUT2D eigenvalue weighted by molar-refractivity contribution is 7.91. The molecule has 1 aromatic heterocycles. The van der Waals surface area contributed by atoms with Crippen molar-refractivity contribution in [1.29, 1.82) is 0 Å². The smallest absolute Gasteiger partial charge is 0.150 e. The van der Waals surface area contributed by atoms with E-state index >= 15 is 0 Å². The lowest BCUT2D eigenvalue weighted by Crippen LogP contribution is -2.35. The standard InChI is InChI=1S/C12H20ClN3O2S/c1-3-16-10(11(13)9(2)15-16)6-12(7-14)4-5-19(17,18)8-12/h3-8,14H2,1-2H3. The van der Waals surface area contributed by atoms with Crippen LogP contribution >= 0.6 is 11.6 Å². The van der Waals surface area contributed by atoms with Gasteiger partial charge in [-0.2, -0.15) is 5.10 Å². The van der Waals surface area contributed by atoms with Crippen molar-refractivity contribution in [3.05, 3.63) is 16.4 Å². The molecule has 108 valence electrons. The molecule has 0 aliphatic carbocycles. The summed E-state index contributed by atoms with van der Waals surface area (Å²) in [7, 11) is -2.96. The molecule has 1 aliphatic heterocycles. The van der Waals surface area contributed by atoms with Crippen molar-refractivity contribution in [1.82, 2.24) is 9.78 Å². The summed E-state index contributed by atoms with van der Waals surface area (Å²) >= 11 is 6.29. The summed E-state index contributed by atoms with van der Waals surface area (Å²) in [6.07, 6.45) is 1.19. The number of aryl methyl sites for hydroxylation is 2. The van der Waals surface area contributed by atoms with Crippen LogP contribution in [0.15, 0.2) is 0 Å². The maximum atomic E-state index is 11.7. The largest absolute Gasteiger partial charge is 0.330 e. The second kappa shape index (κ2) is 5.07. The van der Waals surface area contributed by atoms with Crippen LogP contribution in [0.1, 0.15) is 24.7 Å². The Balaban J connectivity index is 2.34. The number of hydrogen-bond acceptors (Lipinski definition) is 4. The number of halogens is 1. The van der Waals surface area contributed by atoms with Crippen LogP contribution in [-0.2, 0) is 22.8 Å². The van der Waals surface area contributed by atoms with Crippen LogP contribution in [0.3, 0.4) is 0 Å². The molecule has 1 fully saturated rings. The van der Waals surface area contributed by atoms with Crippen molar-refractivity contribution in [3.63, 3.8) is 0 Å². The zero-order chi connectivity index (χ0) is 14.3. The number of sulfone groups is 1. The number of hydrogen-bond donors (Lipinski definition) is 1. The highest BCUT2D eigenvalue weighted by Gasteiger charge is 2.42. The molecule has 2 N–H and O–H groups in total. The number of nitrogens with zero attached hydrogens (tertiary/aromatic N) is 2. The third-order valence-corrected chi connectivity index (χ3v) is 6.27. The molecule has 7 heteroatoms. The van der Waals surface area contributed by atoms with Gasteiger partial charge in [0.15, 0.2) is 9.84 Å². The van der Waals surface area contributed by atoms with Crippen molar-refractivity contribution in [2.45, 2.75) is 33.2 Å². The van der Waals surface area contributed by atoms with Crippen LogP contribution in [0.2, 0.25) is 5.02 Å². The van der Waals surface area contributed by atoms with Gasteiger partial charge in [-0.05, 0) is 33.2 Å². The molecule has 0 spiro atoms. The molecule has 1 saturated heterocycles. The van der Waals surface area contributed by atoms with E-state index in [0.29, 0.717) is 24.4 Å². The van der Waals surface area contributed by atoms with E-state index in [4.69, 9.17) is 17.3 Å². The minimum absolute atomic E-state index is 0.154. The molecule has 0 saturated carbocycles. The van der Waals surface area contributed by atoms with Gasteiger partial charge in [0, 0.05) is 12.0 Å². The highest BCUT2D eigenvalue weighted by atomic mass is 35.5. The molecule has 0 aromatic carbocycles. The molecule has 5 nitrogen and oxygen atoms in total. The molecule has 2 rings (SSSR count). The highest BCUT2D eigenvalue weighted by Crippen LogP contribution is 2.37. The zero-order valence-corrected chi connectivity index (χ0v) is 12.9. The van der Waals surface area contributed by atoms with Gasteiger partial charge < -0.3 is 5.73 Å². The van der Waals surface area contributed by atoms with Crippen LogP contribution in [0.25, 0.3) is 0 Å². The van der Waals surface area contributed by atoms with Crippen molar-refractivity contribution in [2.75, 3.05) is 18.1 Å². The molecule has 1 aliphatic rings. The van der Waals surface area contributed by atoms with Gasteiger partial charge in [-0.1, -0.05) is 11.6 Å². The summed E-state index contributed by atoms with van der Waals surface area (Å²) in [6, 6.07) is 0. The second-order valence-corrected chi connectivity index (χ2v) is 7.95. The van der Waals surface area contributed by atoms with E-state index < -0.39 is 9.84 Å². The average Bonchev–Trinajstić information content (AvgIpc) is 2.81. The molecular formula is C12H20ClN3O2S. The second-order valence-electron chi connectivity index (χ2n) is 5.38. The maximum Gasteiger partial charge on any atom is 0.150 e. The molecule has 0 amide bonds. The van der Waals surface area contributed by atoms with Gasteiger partial charge in [0.2, 0.25) is 0 Å². The molecule has 1 aromatic rings. The van der Waals surface area contributed by atoms with Crippen molar-refractivity contribution < 1.29 is 8.42 Å². The minimum atomic E-state index is -2.96. The van der Waals surface area contributed by atoms with E-state index in [0.717, 1.165) is 17.9 Å². The molecule has 1 atom stereocenters. The number of nitrogens with two attached hydrogens (primary N) is 1. The lowest BCUT2D eigenvalue weighted by Gasteiger charge is -2.26. The van der Waals surface area contributed by atoms with Crippen LogP contribution < -0.4 is 5.73 Å². The average molecular weight is 306 g/mol. The monoisotopic (exact) mass is 305 g/mol. The summed E-state index contributed by atoms with van der Waals surface area (Å²) < 4.78 is 25.3. The van der Waals surface area contributed by atoms with Crippen molar-refractivity contribution in [3.8, 4) is 0 Å². The Bertz CT molecular complexity index is 582. The molecule has 0 bridgehead atoms. The van der Waals surface area contributed by atoms with Gasteiger partial charge in [0.1, 0.15) is 0 Å². The Labute approximate surface area is 119 Å². The summed E-state index contributed by atoms with van der Waals surface area (Å²) in [5.41, 5.74) is 7.15. The SMILES string of the molecule is CCn1nc(C)c(Cl)c1CC1(CN)CCS(=O)(=O)C1. The van der Waals surface area contributed by atoms with E-state index in [-0.39, 0.29) is 16.9 Å². The Hall–Kier alpha value is -0.590. The maximum absolute atomic E-state index is 11.7. The first kappa shape index (κ1) is 14.8. The molecule has 2 heterocycles. The summed E-state index contributed by atoms with van der Waals surface area (Å²) in [4.78, 5) is 0. The van der Waals surface area contributed by atoms with Crippen LogP contribution in [0.5, 0.6) is 0 Å². The molecular weight excluding hydrogens is 286 g/mol. The summed E-state index contributed by atoms with van der Waals surface area (Å²) in [5, 5.41) is 5.00. The first-order chi connectivity index (χ1) is 8.82. The van der Waals surface area contributed by atoms with Crippen LogP contribution in [-0.4, -0.2) is 36.2 Å². The Kier molecular flexibility index (Phi) is 3.95. The summed E-state index contributed by atoms with van der Waals surface area (Å²) in [6.45, 7) is 4.93. The fourth-order valence-corrected chi connectivity index (χ4v) is 5.14. The van der Waals surface area contributed by atoms with Gasteiger partial charge in [0.05, 0.1) is 27.9 Å². The van der Waals surface area contributed by atoms with Gasteiger partial charge in [0.25, 0.3) is 0 Å². The van der Waals surface area contributed by atoms with Gasteiger partial charge in [-0.3, -0.25) is 4.68 Å².